The lowest BCUT2D eigenvalue weighted by Gasteiger charge is -2.57. The fraction of sp³-hybridized carbons (Fsp3) is 0.188. The van der Waals surface area contributed by atoms with Crippen LogP contribution in [0, 0.1) is 0 Å². The molecule has 0 unspecified atom stereocenters. The highest BCUT2D eigenvalue weighted by Crippen LogP contribution is 2.59. The van der Waals surface area contributed by atoms with E-state index in [0.29, 0.717) is 0 Å². The van der Waals surface area contributed by atoms with Gasteiger partial charge in [-0.05, 0) is 17.2 Å². The summed E-state index contributed by atoms with van der Waals surface area (Å²) < 4.78 is 0. The molecule has 0 aromatic heterocycles. The smallest absolute Gasteiger partial charge is 0.250 e. The molecule has 0 bridgehead atoms. The van der Waals surface area contributed by atoms with Gasteiger partial charge in [0.05, 0.1) is 0 Å². The molecule has 0 aliphatic carbocycles. The van der Waals surface area contributed by atoms with Gasteiger partial charge >= 0.3 is 0 Å². The Labute approximate surface area is 126 Å². The average molecular weight is 302 g/mol. The first kappa shape index (κ1) is 12.3. The fourth-order valence-electron chi connectivity index (χ4n) is 3.00. The number of para-hydroxylation sites is 1. The van der Waals surface area contributed by atoms with Crippen LogP contribution in [0.1, 0.15) is 11.1 Å². The Morgan fingerprint density at radius 3 is 2.60 bits per heavy atom. The van der Waals surface area contributed by atoms with Crippen molar-refractivity contribution in [2.45, 2.75) is 16.0 Å². The first-order valence-corrected chi connectivity index (χ1v) is 7.93. The molecule has 20 heavy (non-hydrogen) atoms. The van der Waals surface area contributed by atoms with Crippen LogP contribution in [0.4, 0.5) is 5.69 Å². The molecule has 4 rings (SSSR count). The van der Waals surface area contributed by atoms with Crippen LogP contribution in [0.25, 0.3) is 0 Å². The molecule has 4 heteroatoms. The maximum atomic E-state index is 12.3. The van der Waals surface area contributed by atoms with Crippen LogP contribution >= 0.6 is 23.4 Å². The van der Waals surface area contributed by atoms with Gasteiger partial charge < -0.3 is 0 Å². The third-order valence-corrected chi connectivity index (χ3v) is 6.16. The molecule has 0 spiro atoms. The second-order valence-electron chi connectivity index (χ2n) is 5.02. The molecule has 2 heterocycles. The van der Waals surface area contributed by atoms with E-state index in [-0.39, 0.29) is 5.91 Å². The maximum Gasteiger partial charge on any atom is 0.250 e. The highest BCUT2D eigenvalue weighted by molar-refractivity contribution is 8.00. The van der Waals surface area contributed by atoms with Gasteiger partial charge in [-0.15, -0.1) is 23.4 Å². The van der Waals surface area contributed by atoms with Crippen LogP contribution in [-0.2, 0) is 15.4 Å². The molecular weight excluding hydrogens is 290 g/mol. The van der Waals surface area contributed by atoms with E-state index in [0.717, 1.165) is 17.0 Å². The molecule has 0 N–H and O–H groups in total. The van der Waals surface area contributed by atoms with E-state index in [1.807, 2.05) is 41.3 Å². The number of amides is 1. The Kier molecular flexibility index (Phi) is 2.63. The lowest BCUT2D eigenvalue weighted by Crippen LogP contribution is -2.70. The Bertz CT molecular complexity index is 690. The number of rotatable bonds is 1. The summed E-state index contributed by atoms with van der Waals surface area (Å²) in [5, 5.41) is -0.497. The number of fused-ring (bicyclic) bond motifs is 3. The van der Waals surface area contributed by atoms with Crippen LogP contribution in [-0.4, -0.2) is 11.3 Å². The summed E-state index contributed by atoms with van der Waals surface area (Å²) in [6, 6.07) is 18.1. The van der Waals surface area contributed by atoms with Crippen molar-refractivity contribution in [3.05, 3.63) is 65.7 Å². The van der Waals surface area contributed by atoms with Crippen LogP contribution < -0.4 is 4.90 Å². The van der Waals surface area contributed by atoms with Gasteiger partial charge in [-0.1, -0.05) is 48.5 Å². The minimum atomic E-state index is -0.497. The highest BCUT2D eigenvalue weighted by Gasteiger charge is 2.63. The van der Waals surface area contributed by atoms with E-state index in [1.54, 1.807) is 11.8 Å². The molecule has 1 amide bonds. The van der Waals surface area contributed by atoms with E-state index < -0.39 is 10.2 Å². The lowest BCUT2D eigenvalue weighted by molar-refractivity contribution is -0.124. The number of carbonyl (C=O) groups excluding carboxylic acids is 1. The highest BCUT2D eigenvalue weighted by atomic mass is 35.5. The van der Waals surface area contributed by atoms with Gasteiger partial charge in [0, 0.05) is 11.4 Å². The van der Waals surface area contributed by atoms with Crippen LogP contribution in [0.3, 0.4) is 0 Å². The van der Waals surface area contributed by atoms with Gasteiger partial charge in [0.2, 0.25) is 5.91 Å². The molecule has 0 radical (unpaired) electrons. The van der Waals surface area contributed by atoms with E-state index in [1.165, 1.54) is 5.56 Å². The first-order valence-electron chi connectivity index (χ1n) is 6.50. The molecule has 100 valence electrons. The summed E-state index contributed by atoms with van der Waals surface area (Å²) in [6.07, 6.45) is 0. The lowest BCUT2D eigenvalue weighted by atomic mass is 9.90. The third-order valence-electron chi connectivity index (χ3n) is 3.98. The van der Waals surface area contributed by atoms with Crippen molar-refractivity contribution in [1.29, 1.82) is 0 Å². The molecular formula is C16H12ClNOS. The summed E-state index contributed by atoms with van der Waals surface area (Å²) in [5.41, 5.74) is 3.29. The van der Waals surface area contributed by atoms with Crippen molar-refractivity contribution in [2.75, 3.05) is 4.90 Å². The summed E-state index contributed by atoms with van der Waals surface area (Å²) >= 11 is 8.16. The molecule has 2 aromatic rings. The van der Waals surface area contributed by atoms with Crippen molar-refractivity contribution in [3.63, 3.8) is 0 Å². The van der Waals surface area contributed by atoms with Crippen LogP contribution in [0.15, 0.2) is 54.6 Å². The second kappa shape index (κ2) is 4.27. The van der Waals surface area contributed by atoms with Gasteiger partial charge in [0.15, 0.2) is 0 Å². The van der Waals surface area contributed by atoms with Crippen LogP contribution in [0.2, 0.25) is 0 Å². The maximum absolute atomic E-state index is 12.3. The first-order chi connectivity index (χ1) is 9.75. The van der Waals surface area contributed by atoms with Gasteiger partial charge in [-0.2, -0.15) is 0 Å². The van der Waals surface area contributed by atoms with Crippen molar-refractivity contribution in [1.82, 2.24) is 0 Å². The van der Waals surface area contributed by atoms with Crippen LogP contribution in [0.5, 0.6) is 0 Å². The van der Waals surface area contributed by atoms with Crippen molar-refractivity contribution < 1.29 is 4.79 Å². The zero-order valence-electron chi connectivity index (χ0n) is 10.6. The Hall–Kier alpha value is -1.45. The number of carbonyl (C=O) groups is 1. The molecule has 2 nitrogen and oxygen atoms in total. The van der Waals surface area contributed by atoms with E-state index in [4.69, 9.17) is 11.6 Å². The zero-order valence-corrected chi connectivity index (χ0v) is 12.2. The van der Waals surface area contributed by atoms with E-state index in [9.17, 15) is 4.79 Å². The number of hydrogen-bond donors (Lipinski definition) is 0. The Balaban J connectivity index is 1.90. The standard InChI is InChI=1S/C16H12ClNOS/c17-14-15(19)18-13-9-5-4-6-11(13)10-20-16(14,18)12-7-2-1-3-8-12/h1-9,14H,10H2/t14-,16+/m0/s1. The minimum absolute atomic E-state index is 0.00447. The third kappa shape index (κ3) is 1.40. The quantitative estimate of drug-likeness (QED) is 0.591. The number of benzene rings is 2. The molecule has 0 saturated carbocycles. The number of alkyl halides is 1. The zero-order chi connectivity index (χ0) is 13.7. The predicted molar refractivity (Wildman–Crippen MR) is 83.0 cm³/mol. The molecule has 1 fully saturated rings. The number of thioether (sulfide) groups is 1. The van der Waals surface area contributed by atoms with Crippen molar-refractivity contribution in [3.8, 4) is 0 Å². The average Bonchev–Trinajstić information content (AvgIpc) is 2.53. The van der Waals surface area contributed by atoms with Gasteiger partial charge in [0.25, 0.3) is 0 Å². The second-order valence-corrected chi connectivity index (χ2v) is 6.65. The number of β-lactam (4-membered cyclic amide) rings is 1. The topological polar surface area (TPSA) is 20.3 Å². The van der Waals surface area contributed by atoms with Gasteiger partial charge in [0.1, 0.15) is 10.2 Å². The Morgan fingerprint density at radius 1 is 1.10 bits per heavy atom. The molecule has 2 aromatic carbocycles. The van der Waals surface area contributed by atoms with E-state index >= 15 is 0 Å². The summed E-state index contributed by atoms with van der Waals surface area (Å²) in [6.45, 7) is 0. The molecule has 2 aliphatic heterocycles. The number of anilines is 1. The van der Waals surface area contributed by atoms with Crippen molar-refractivity contribution >= 4 is 35.0 Å². The summed E-state index contributed by atoms with van der Waals surface area (Å²) in [7, 11) is 0. The molecule has 2 atom stereocenters. The van der Waals surface area contributed by atoms with Gasteiger partial charge in [-0.3, -0.25) is 9.69 Å². The van der Waals surface area contributed by atoms with Crippen molar-refractivity contribution in [2.24, 2.45) is 0 Å². The SMILES string of the molecule is O=C1[C@H](Cl)[C@@]2(c3ccccc3)SCc3ccccc3N12. The number of nitrogens with zero attached hydrogens (tertiary/aromatic N) is 1. The minimum Gasteiger partial charge on any atom is -0.289 e. The fourth-order valence-corrected chi connectivity index (χ4v) is 5.00. The normalized spacial score (nSPS) is 27.6. The number of hydrogen-bond acceptors (Lipinski definition) is 2. The van der Waals surface area contributed by atoms with E-state index in [2.05, 4.69) is 18.2 Å². The monoisotopic (exact) mass is 301 g/mol. The largest absolute Gasteiger partial charge is 0.289 e. The summed E-state index contributed by atoms with van der Waals surface area (Å²) in [4.78, 5) is 13.7. The molecule has 2 aliphatic rings. The number of halogens is 1. The predicted octanol–water partition coefficient (Wildman–Crippen LogP) is 3.74. The Morgan fingerprint density at radius 2 is 1.80 bits per heavy atom. The van der Waals surface area contributed by atoms with Gasteiger partial charge in [-0.25, -0.2) is 0 Å². The summed E-state index contributed by atoms with van der Waals surface area (Å²) in [5.74, 6) is 0.869. The molecule has 1 saturated heterocycles.